The first kappa shape index (κ1) is 12.7. The van der Waals surface area contributed by atoms with E-state index in [-0.39, 0.29) is 13.0 Å². The highest BCUT2D eigenvalue weighted by Gasteiger charge is 2.39. The predicted octanol–water partition coefficient (Wildman–Crippen LogP) is 1.09. The van der Waals surface area contributed by atoms with Crippen LogP contribution < -0.4 is 4.90 Å². The first-order chi connectivity index (χ1) is 7.88. The number of carbonyl (C=O) groups is 1. The SMILES string of the molecule is O=C1CC(S(=O)(=O)F)CN1c1ccc(I)nc1. The number of rotatable bonds is 2. The number of aromatic nitrogens is 1. The lowest BCUT2D eigenvalue weighted by Gasteiger charge is -2.15. The summed E-state index contributed by atoms with van der Waals surface area (Å²) in [6.07, 6.45) is 1.15. The molecule has 1 amide bonds. The number of hydrogen-bond acceptors (Lipinski definition) is 4. The Hall–Kier alpha value is -0.770. The van der Waals surface area contributed by atoms with Gasteiger partial charge in [0.15, 0.2) is 0 Å². The molecule has 92 valence electrons. The molecule has 1 fully saturated rings. The van der Waals surface area contributed by atoms with Crippen LogP contribution in [0.1, 0.15) is 6.42 Å². The Morgan fingerprint density at radius 1 is 1.47 bits per heavy atom. The van der Waals surface area contributed by atoms with E-state index in [1.165, 1.54) is 11.1 Å². The van der Waals surface area contributed by atoms with Gasteiger partial charge in [0, 0.05) is 13.0 Å². The third kappa shape index (κ3) is 2.73. The van der Waals surface area contributed by atoms with Crippen LogP contribution in [0.15, 0.2) is 18.3 Å². The molecule has 1 unspecified atom stereocenters. The molecule has 1 aliphatic heterocycles. The summed E-state index contributed by atoms with van der Waals surface area (Å²) in [5, 5.41) is -1.27. The minimum Gasteiger partial charge on any atom is -0.309 e. The standard InChI is InChI=1S/C9H8FIN2O3S/c10-17(15,16)7-3-9(14)13(5-7)6-1-2-8(11)12-4-6/h1-2,4,7H,3,5H2. The van der Waals surface area contributed by atoms with E-state index in [0.717, 1.165) is 3.70 Å². The van der Waals surface area contributed by atoms with Crippen molar-refractivity contribution < 1.29 is 17.1 Å². The molecule has 1 aromatic rings. The van der Waals surface area contributed by atoms with Crippen molar-refractivity contribution in [3.05, 3.63) is 22.0 Å². The van der Waals surface area contributed by atoms with Gasteiger partial charge in [-0.25, -0.2) is 4.98 Å². The fraction of sp³-hybridized carbons (Fsp3) is 0.333. The topological polar surface area (TPSA) is 67.3 Å². The largest absolute Gasteiger partial charge is 0.309 e. The van der Waals surface area contributed by atoms with Gasteiger partial charge in [0.1, 0.15) is 8.95 Å². The fourth-order valence-electron chi connectivity index (χ4n) is 1.64. The van der Waals surface area contributed by atoms with E-state index >= 15 is 0 Å². The van der Waals surface area contributed by atoms with E-state index < -0.39 is 21.4 Å². The number of pyridine rings is 1. The van der Waals surface area contributed by atoms with Crippen LogP contribution in [-0.2, 0) is 15.0 Å². The Balaban J connectivity index is 2.24. The third-order valence-electron chi connectivity index (χ3n) is 2.51. The van der Waals surface area contributed by atoms with E-state index in [2.05, 4.69) is 4.98 Å². The molecule has 0 radical (unpaired) electrons. The molecule has 0 spiro atoms. The normalized spacial score (nSPS) is 20.9. The second-order valence-electron chi connectivity index (χ2n) is 3.65. The van der Waals surface area contributed by atoms with Gasteiger partial charge >= 0.3 is 10.2 Å². The average Bonchev–Trinajstić information content (AvgIpc) is 2.61. The first-order valence-corrected chi connectivity index (χ1v) is 7.26. The lowest BCUT2D eigenvalue weighted by atomic mass is 10.4. The van der Waals surface area contributed by atoms with E-state index in [4.69, 9.17) is 0 Å². The quantitative estimate of drug-likeness (QED) is 0.444. The zero-order valence-corrected chi connectivity index (χ0v) is 11.5. The molecule has 1 aromatic heterocycles. The van der Waals surface area contributed by atoms with Crippen molar-refractivity contribution in [2.75, 3.05) is 11.4 Å². The summed E-state index contributed by atoms with van der Waals surface area (Å²) in [5.74, 6) is -0.403. The fourth-order valence-corrected chi connectivity index (χ4v) is 2.63. The molecule has 0 saturated carbocycles. The second kappa shape index (κ2) is 4.48. The molecule has 1 aliphatic rings. The van der Waals surface area contributed by atoms with Gasteiger partial charge in [0.05, 0.1) is 11.9 Å². The van der Waals surface area contributed by atoms with Crippen molar-refractivity contribution >= 4 is 44.4 Å². The van der Waals surface area contributed by atoms with Gasteiger partial charge in [-0.1, -0.05) is 0 Å². The van der Waals surface area contributed by atoms with Crippen LogP contribution in [0.5, 0.6) is 0 Å². The van der Waals surface area contributed by atoms with Crippen molar-refractivity contribution in [2.24, 2.45) is 0 Å². The summed E-state index contributed by atoms with van der Waals surface area (Å²) < 4.78 is 35.0. The van der Waals surface area contributed by atoms with Crippen LogP contribution in [-0.4, -0.2) is 31.1 Å². The molecular formula is C9H8FIN2O3S. The highest BCUT2D eigenvalue weighted by atomic mass is 127. The summed E-state index contributed by atoms with van der Waals surface area (Å²) in [6, 6.07) is 3.35. The molecule has 0 aliphatic carbocycles. The number of hydrogen-bond donors (Lipinski definition) is 0. The van der Waals surface area contributed by atoms with Crippen molar-refractivity contribution in [1.82, 2.24) is 4.98 Å². The monoisotopic (exact) mass is 370 g/mol. The van der Waals surface area contributed by atoms with Gasteiger partial charge in [0.2, 0.25) is 5.91 Å². The molecule has 0 N–H and O–H groups in total. The summed E-state index contributed by atoms with van der Waals surface area (Å²) in [5.41, 5.74) is 0.488. The van der Waals surface area contributed by atoms with E-state index in [0.29, 0.717) is 5.69 Å². The molecule has 17 heavy (non-hydrogen) atoms. The summed E-state index contributed by atoms with van der Waals surface area (Å²) in [6.45, 7) is -0.153. The molecule has 0 aromatic carbocycles. The molecule has 2 rings (SSSR count). The molecular weight excluding hydrogens is 362 g/mol. The minimum absolute atomic E-state index is 0.153. The highest BCUT2D eigenvalue weighted by Crippen LogP contribution is 2.25. The maximum Gasteiger partial charge on any atom is 0.307 e. The highest BCUT2D eigenvalue weighted by molar-refractivity contribution is 14.1. The number of anilines is 1. The molecule has 5 nitrogen and oxygen atoms in total. The molecule has 8 heteroatoms. The van der Waals surface area contributed by atoms with E-state index in [1.807, 2.05) is 22.6 Å². The Bertz CT molecular complexity index is 546. The van der Waals surface area contributed by atoms with Crippen LogP contribution in [0.4, 0.5) is 9.57 Å². The maximum atomic E-state index is 12.8. The zero-order valence-electron chi connectivity index (χ0n) is 8.51. The van der Waals surface area contributed by atoms with Crippen molar-refractivity contribution in [3.8, 4) is 0 Å². The molecule has 1 saturated heterocycles. The molecule has 0 bridgehead atoms. The zero-order chi connectivity index (χ0) is 12.6. The minimum atomic E-state index is -4.67. The number of amides is 1. The summed E-state index contributed by atoms with van der Waals surface area (Å²) >= 11 is 2.01. The lowest BCUT2D eigenvalue weighted by Crippen LogP contribution is -2.26. The van der Waals surface area contributed by atoms with Crippen molar-refractivity contribution in [2.45, 2.75) is 11.7 Å². The smallest absolute Gasteiger partial charge is 0.307 e. The average molecular weight is 370 g/mol. The summed E-state index contributed by atoms with van der Waals surface area (Å²) in [7, 11) is -4.67. The van der Waals surface area contributed by atoms with E-state index in [9.17, 15) is 17.1 Å². The Morgan fingerprint density at radius 3 is 2.65 bits per heavy atom. The van der Waals surface area contributed by atoms with Crippen LogP contribution in [0, 0.1) is 3.70 Å². The van der Waals surface area contributed by atoms with Gasteiger partial charge in [0.25, 0.3) is 0 Å². The lowest BCUT2D eigenvalue weighted by molar-refractivity contribution is -0.117. The van der Waals surface area contributed by atoms with Crippen LogP contribution in [0.25, 0.3) is 0 Å². The predicted molar refractivity (Wildman–Crippen MR) is 67.7 cm³/mol. The second-order valence-corrected chi connectivity index (χ2v) is 6.37. The van der Waals surface area contributed by atoms with Gasteiger partial charge in [-0.2, -0.15) is 8.42 Å². The first-order valence-electron chi connectivity index (χ1n) is 4.73. The van der Waals surface area contributed by atoms with Gasteiger partial charge < -0.3 is 4.90 Å². The number of carbonyl (C=O) groups excluding carboxylic acids is 1. The van der Waals surface area contributed by atoms with Gasteiger partial charge in [-0.15, -0.1) is 3.89 Å². The third-order valence-corrected chi connectivity index (χ3v) is 4.26. The van der Waals surface area contributed by atoms with Crippen molar-refractivity contribution in [3.63, 3.8) is 0 Å². The Labute approximate surface area is 111 Å². The number of halogens is 2. The van der Waals surface area contributed by atoms with Crippen LogP contribution in [0.3, 0.4) is 0 Å². The van der Waals surface area contributed by atoms with Gasteiger partial charge in [-0.05, 0) is 34.7 Å². The molecule has 1 atom stereocenters. The number of nitrogens with zero attached hydrogens (tertiary/aromatic N) is 2. The molecule has 2 heterocycles. The van der Waals surface area contributed by atoms with Crippen LogP contribution in [0.2, 0.25) is 0 Å². The van der Waals surface area contributed by atoms with Gasteiger partial charge in [-0.3, -0.25) is 4.79 Å². The van der Waals surface area contributed by atoms with E-state index in [1.54, 1.807) is 12.1 Å². The Kier molecular flexibility index (Phi) is 3.34. The Morgan fingerprint density at radius 2 is 2.18 bits per heavy atom. The maximum absolute atomic E-state index is 12.8. The summed E-state index contributed by atoms with van der Waals surface area (Å²) in [4.78, 5) is 16.8. The van der Waals surface area contributed by atoms with Crippen LogP contribution >= 0.6 is 22.6 Å². The van der Waals surface area contributed by atoms with Crippen molar-refractivity contribution in [1.29, 1.82) is 0 Å².